The third-order valence-electron chi connectivity index (χ3n) is 4.28. The van der Waals surface area contributed by atoms with Crippen molar-refractivity contribution in [2.75, 3.05) is 25.1 Å². The number of nitrogens with two attached hydrogens (primary N) is 1. The fourth-order valence-corrected chi connectivity index (χ4v) is 3.57. The number of benzene rings is 1. The predicted octanol–water partition coefficient (Wildman–Crippen LogP) is 4.30. The molecular formula is C22H35N4O2P. The molecule has 0 aliphatic carbocycles. The van der Waals surface area contributed by atoms with Gasteiger partial charge in [0, 0.05) is 12.1 Å². The molecule has 1 aromatic rings. The van der Waals surface area contributed by atoms with E-state index in [9.17, 15) is 9.90 Å². The first-order chi connectivity index (χ1) is 14.0. The minimum absolute atomic E-state index is 0.0336. The van der Waals surface area contributed by atoms with Gasteiger partial charge in [-0.05, 0) is 56.9 Å². The first kappa shape index (κ1) is 24.9. The maximum Gasteiger partial charge on any atom is 0.274 e. The summed E-state index contributed by atoms with van der Waals surface area (Å²) in [6.45, 7) is 10.7. The van der Waals surface area contributed by atoms with E-state index in [1.165, 1.54) is 19.4 Å². The Morgan fingerprint density at radius 1 is 1.41 bits per heavy atom. The molecule has 0 radical (unpaired) electrons. The van der Waals surface area contributed by atoms with Crippen LogP contribution in [0.2, 0.25) is 0 Å². The lowest BCUT2D eigenvalue weighted by Crippen LogP contribution is -2.14. The molecule has 2 rings (SSSR count). The molecule has 0 saturated heterocycles. The number of carbonyl (C=O) groups is 1. The summed E-state index contributed by atoms with van der Waals surface area (Å²) in [6.07, 6.45) is 8.88. The number of aliphatic imine (C=N–C) groups is 1. The lowest BCUT2D eigenvalue weighted by Gasteiger charge is -2.14. The standard InChI is InChI=1S/C16H20N3O2P.C6H15N/c1-3-4-14(22-2)10-5-7-13(20)12(9-10)19-16(21)11-6-8-15(17)18-11;1-3-5-6-7-4-2/h3-7,9,14,20,22H,8H2,1-2H3,(H2,17,18)(H,19,21);7H,3-6H2,1-2H3/b4-3-;. The van der Waals surface area contributed by atoms with Crippen LogP contribution in [0.1, 0.15) is 51.3 Å². The van der Waals surface area contributed by atoms with Crippen molar-refractivity contribution in [3.63, 3.8) is 0 Å². The van der Waals surface area contributed by atoms with E-state index in [1.807, 2.05) is 19.1 Å². The molecule has 1 aromatic carbocycles. The van der Waals surface area contributed by atoms with Crippen LogP contribution in [0.3, 0.4) is 0 Å². The topological polar surface area (TPSA) is 99.7 Å². The summed E-state index contributed by atoms with van der Waals surface area (Å²) in [5.41, 5.74) is 7.56. The summed E-state index contributed by atoms with van der Waals surface area (Å²) in [7, 11) is 0.693. The predicted molar refractivity (Wildman–Crippen MR) is 126 cm³/mol. The van der Waals surface area contributed by atoms with E-state index in [0.29, 0.717) is 26.5 Å². The van der Waals surface area contributed by atoms with Gasteiger partial charge in [0.1, 0.15) is 17.3 Å². The first-order valence-electron chi connectivity index (χ1n) is 10.1. The highest BCUT2D eigenvalue weighted by Crippen LogP contribution is 2.36. The molecule has 6 nitrogen and oxygen atoms in total. The molecule has 0 saturated carbocycles. The van der Waals surface area contributed by atoms with Gasteiger partial charge in [-0.25, -0.2) is 4.99 Å². The number of unbranched alkanes of at least 4 members (excludes halogenated alkanes) is 1. The number of nitrogens with one attached hydrogen (secondary N) is 2. The van der Waals surface area contributed by atoms with Gasteiger partial charge in [0.05, 0.1) is 5.69 Å². The Kier molecular flexibility index (Phi) is 11.9. The Bertz CT molecular complexity index is 740. The summed E-state index contributed by atoms with van der Waals surface area (Å²) >= 11 is 0. The number of rotatable bonds is 9. The van der Waals surface area contributed by atoms with Crippen LogP contribution in [-0.2, 0) is 4.79 Å². The quantitative estimate of drug-likeness (QED) is 0.208. The second-order valence-corrected chi connectivity index (χ2v) is 7.83. The van der Waals surface area contributed by atoms with Gasteiger partial charge in [0.25, 0.3) is 5.91 Å². The van der Waals surface area contributed by atoms with Crippen molar-refractivity contribution in [1.82, 2.24) is 5.32 Å². The van der Waals surface area contributed by atoms with Crippen molar-refractivity contribution in [2.45, 2.75) is 45.7 Å². The Hall–Kier alpha value is -2.17. The molecule has 2 atom stereocenters. The van der Waals surface area contributed by atoms with Crippen LogP contribution in [-0.4, -0.2) is 36.6 Å². The maximum absolute atomic E-state index is 12.1. The average Bonchev–Trinajstić information content (AvgIpc) is 3.15. The van der Waals surface area contributed by atoms with Crippen molar-refractivity contribution in [1.29, 1.82) is 0 Å². The Morgan fingerprint density at radius 2 is 2.17 bits per heavy atom. The Morgan fingerprint density at radius 3 is 2.72 bits per heavy atom. The molecule has 1 amide bonds. The number of aromatic hydroxyl groups is 1. The zero-order chi connectivity index (χ0) is 21.6. The molecule has 1 heterocycles. The highest BCUT2D eigenvalue weighted by molar-refractivity contribution is 7.37. The summed E-state index contributed by atoms with van der Waals surface area (Å²) < 4.78 is 0. The molecule has 0 fully saturated rings. The van der Waals surface area contributed by atoms with Crippen LogP contribution in [0.15, 0.2) is 47.1 Å². The number of amides is 1. The lowest BCUT2D eigenvalue weighted by atomic mass is 10.1. The summed E-state index contributed by atoms with van der Waals surface area (Å²) in [4.78, 5) is 16.1. The van der Waals surface area contributed by atoms with E-state index in [4.69, 9.17) is 5.73 Å². The Labute approximate surface area is 176 Å². The van der Waals surface area contributed by atoms with Gasteiger partial charge in [0.15, 0.2) is 0 Å². The molecular weight excluding hydrogens is 383 g/mol. The molecule has 1 aliphatic rings. The normalized spacial score (nSPS) is 14.5. The van der Waals surface area contributed by atoms with Gasteiger partial charge in [-0.15, -0.1) is 8.58 Å². The van der Waals surface area contributed by atoms with E-state index < -0.39 is 0 Å². The van der Waals surface area contributed by atoms with E-state index in [1.54, 1.807) is 18.2 Å². The molecule has 0 spiro atoms. The van der Waals surface area contributed by atoms with Gasteiger partial charge in [-0.3, -0.25) is 4.79 Å². The van der Waals surface area contributed by atoms with Crippen LogP contribution in [0.4, 0.5) is 5.69 Å². The zero-order valence-corrected chi connectivity index (χ0v) is 19.0. The molecule has 1 aliphatic heterocycles. The van der Waals surface area contributed by atoms with Crippen molar-refractivity contribution in [3.05, 3.63) is 47.7 Å². The number of anilines is 1. The van der Waals surface area contributed by atoms with Gasteiger partial charge in [-0.1, -0.05) is 38.5 Å². The zero-order valence-electron chi connectivity index (χ0n) is 18.0. The lowest BCUT2D eigenvalue weighted by molar-refractivity contribution is -0.112. The average molecular weight is 419 g/mol. The van der Waals surface area contributed by atoms with Crippen molar-refractivity contribution < 1.29 is 9.90 Å². The smallest absolute Gasteiger partial charge is 0.274 e. The Balaban J connectivity index is 0.000000516. The highest BCUT2D eigenvalue weighted by atomic mass is 31.1. The fourth-order valence-electron chi connectivity index (χ4n) is 2.67. The molecule has 29 heavy (non-hydrogen) atoms. The molecule has 160 valence electrons. The SMILES string of the molecule is C/C=C\C(PC)c1ccc(O)c(NC(=O)C2=CCC(N)=N2)c1.CCCCNCC. The van der Waals surface area contributed by atoms with E-state index in [0.717, 1.165) is 12.1 Å². The van der Waals surface area contributed by atoms with Crippen LogP contribution in [0.5, 0.6) is 5.75 Å². The molecule has 2 unspecified atom stereocenters. The van der Waals surface area contributed by atoms with Crippen LogP contribution in [0.25, 0.3) is 0 Å². The number of hydrogen-bond acceptors (Lipinski definition) is 5. The monoisotopic (exact) mass is 418 g/mol. The van der Waals surface area contributed by atoms with Gasteiger partial charge >= 0.3 is 0 Å². The molecule has 0 aromatic heterocycles. The van der Waals surface area contributed by atoms with E-state index in [-0.39, 0.29) is 23.0 Å². The maximum atomic E-state index is 12.1. The number of phenolic OH excluding ortho intramolecular Hbond substituents is 1. The largest absolute Gasteiger partial charge is 0.506 e. The highest BCUT2D eigenvalue weighted by Gasteiger charge is 2.16. The van der Waals surface area contributed by atoms with Gasteiger partial charge < -0.3 is 21.5 Å². The van der Waals surface area contributed by atoms with Gasteiger partial charge in [0.2, 0.25) is 0 Å². The molecule has 0 bridgehead atoms. The number of allylic oxidation sites excluding steroid dienone is 2. The first-order valence-corrected chi connectivity index (χ1v) is 11.7. The van der Waals surface area contributed by atoms with Crippen molar-refractivity contribution in [2.24, 2.45) is 10.7 Å². The number of nitrogens with zero attached hydrogens (tertiary/aromatic N) is 1. The number of carbonyl (C=O) groups excluding carboxylic acids is 1. The van der Waals surface area contributed by atoms with Crippen LogP contribution in [0, 0.1) is 0 Å². The number of phenols is 1. The number of amidine groups is 1. The second-order valence-electron chi connectivity index (χ2n) is 6.63. The minimum atomic E-state index is -0.366. The van der Waals surface area contributed by atoms with Crippen LogP contribution < -0.4 is 16.4 Å². The summed E-state index contributed by atoms with van der Waals surface area (Å²) in [6, 6.07) is 5.27. The van der Waals surface area contributed by atoms with Crippen LogP contribution >= 0.6 is 8.58 Å². The second kappa shape index (κ2) is 13.9. The third kappa shape index (κ3) is 8.80. The van der Waals surface area contributed by atoms with Gasteiger partial charge in [-0.2, -0.15) is 0 Å². The fraction of sp³-hybridized carbons (Fsp3) is 0.455. The summed E-state index contributed by atoms with van der Waals surface area (Å²) in [5, 5.41) is 15.9. The summed E-state index contributed by atoms with van der Waals surface area (Å²) in [5.74, 6) is 0.0872. The minimum Gasteiger partial charge on any atom is -0.506 e. The third-order valence-corrected chi connectivity index (χ3v) is 5.43. The molecule has 7 heteroatoms. The van der Waals surface area contributed by atoms with E-state index in [2.05, 4.69) is 42.2 Å². The van der Waals surface area contributed by atoms with Crippen molar-refractivity contribution >= 4 is 26.0 Å². The van der Waals surface area contributed by atoms with E-state index >= 15 is 0 Å². The number of hydrogen-bond donors (Lipinski definition) is 4. The molecule has 5 N–H and O–H groups in total. The van der Waals surface area contributed by atoms with Crippen molar-refractivity contribution in [3.8, 4) is 5.75 Å².